The van der Waals surface area contributed by atoms with Crippen LogP contribution in [0, 0.1) is 5.92 Å². The van der Waals surface area contributed by atoms with Gasteiger partial charge in [0.05, 0.1) is 15.8 Å². The highest BCUT2D eigenvalue weighted by Crippen LogP contribution is 2.27. The Kier molecular flexibility index (Phi) is 10.1. The fourth-order valence-corrected chi connectivity index (χ4v) is 6.81. The summed E-state index contributed by atoms with van der Waals surface area (Å²) >= 11 is 25.6. The summed E-state index contributed by atoms with van der Waals surface area (Å²) in [5.74, 6) is 1.15. The van der Waals surface area contributed by atoms with Crippen LogP contribution in [-0.2, 0) is 26.3 Å². The lowest BCUT2D eigenvalue weighted by Crippen LogP contribution is -2.43. The van der Waals surface area contributed by atoms with Gasteiger partial charge < -0.3 is 5.32 Å². The minimum atomic E-state index is -3.52. The summed E-state index contributed by atoms with van der Waals surface area (Å²) in [6.07, 6.45) is 0.992. The van der Waals surface area contributed by atoms with Crippen molar-refractivity contribution in [1.82, 2.24) is 9.62 Å². The Balaban J connectivity index is 1.38. The number of piperidine rings is 1. The topological polar surface area (TPSA) is 66.5 Å². The summed E-state index contributed by atoms with van der Waals surface area (Å²) < 4.78 is 27.0. The van der Waals surface area contributed by atoms with Gasteiger partial charge in [0.15, 0.2) is 0 Å². The largest absolute Gasteiger partial charge is 0.355 e. The van der Waals surface area contributed by atoms with Crippen molar-refractivity contribution in [3.63, 3.8) is 0 Å². The third-order valence-electron chi connectivity index (χ3n) is 5.37. The molecule has 3 rings (SSSR count). The van der Waals surface area contributed by atoms with E-state index in [-0.39, 0.29) is 17.6 Å². The van der Waals surface area contributed by atoms with E-state index in [9.17, 15) is 13.2 Å². The number of benzene rings is 2. The third kappa shape index (κ3) is 7.92. The molecule has 2 aromatic carbocycles. The summed E-state index contributed by atoms with van der Waals surface area (Å²) in [4.78, 5) is 12.5. The second-order valence-corrected chi connectivity index (χ2v) is 12.5. The van der Waals surface area contributed by atoms with Gasteiger partial charge in [-0.3, -0.25) is 4.79 Å². The Morgan fingerprint density at radius 2 is 1.73 bits per heavy atom. The smallest absolute Gasteiger partial charge is 0.223 e. The van der Waals surface area contributed by atoms with Gasteiger partial charge in [-0.25, -0.2) is 12.7 Å². The maximum atomic E-state index is 12.8. The second kappa shape index (κ2) is 12.3. The maximum absolute atomic E-state index is 12.8. The van der Waals surface area contributed by atoms with Gasteiger partial charge in [-0.1, -0.05) is 58.5 Å². The SMILES string of the molecule is O=C(NCCSCc1ccc(Cl)c(Cl)c1)C1CCN(S(=O)(=O)Cc2ccc(Cl)cc2Cl)CC1. The minimum Gasteiger partial charge on any atom is -0.355 e. The van der Waals surface area contributed by atoms with Crippen LogP contribution in [0.15, 0.2) is 36.4 Å². The Morgan fingerprint density at radius 3 is 2.39 bits per heavy atom. The molecule has 1 N–H and O–H groups in total. The molecule has 1 amide bonds. The van der Waals surface area contributed by atoms with E-state index in [2.05, 4.69) is 5.32 Å². The van der Waals surface area contributed by atoms with Crippen molar-refractivity contribution in [2.45, 2.75) is 24.3 Å². The van der Waals surface area contributed by atoms with Crippen molar-refractivity contribution >= 4 is 74.1 Å². The Bertz CT molecular complexity index is 1090. The van der Waals surface area contributed by atoms with E-state index in [1.54, 1.807) is 30.0 Å². The highest BCUT2D eigenvalue weighted by Gasteiger charge is 2.31. The molecule has 180 valence electrons. The van der Waals surface area contributed by atoms with Gasteiger partial charge in [0.2, 0.25) is 15.9 Å². The summed E-state index contributed by atoms with van der Waals surface area (Å²) in [5, 5.41) is 4.82. The highest BCUT2D eigenvalue weighted by molar-refractivity contribution is 7.98. The van der Waals surface area contributed by atoms with Gasteiger partial charge in [0.25, 0.3) is 0 Å². The van der Waals surface area contributed by atoms with Gasteiger partial charge in [-0.05, 0) is 48.2 Å². The number of nitrogens with one attached hydrogen (secondary N) is 1. The zero-order chi connectivity index (χ0) is 24.0. The van der Waals surface area contributed by atoms with Crippen LogP contribution >= 0.6 is 58.2 Å². The number of sulfonamides is 1. The first-order valence-electron chi connectivity index (χ1n) is 10.4. The number of carbonyl (C=O) groups excluding carboxylic acids is 1. The van der Waals surface area contributed by atoms with Crippen molar-refractivity contribution in [3.05, 3.63) is 67.6 Å². The van der Waals surface area contributed by atoms with Crippen molar-refractivity contribution < 1.29 is 13.2 Å². The first-order chi connectivity index (χ1) is 15.7. The Hall–Kier alpha value is -0.670. The molecular weight excluding hydrogens is 546 g/mol. The Morgan fingerprint density at radius 1 is 1.00 bits per heavy atom. The van der Waals surface area contributed by atoms with Crippen LogP contribution in [0.25, 0.3) is 0 Å². The molecule has 11 heteroatoms. The third-order valence-corrected chi connectivity index (χ3v) is 9.55. The molecular formula is C22H24Cl4N2O3S2. The van der Waals surface area contributed by atoms with Crippen LogP contribution in [0.4, 0.5) is 0 Å². The number of halogens is 4. The van der Waals surface area contributed by atoms with Crippen molar-refractivity contribution in [2.75, 3.05) is 25.4 Å². The molecule has 1 aliphatic heterocycles. The van der Waals surface area contributed by atoms with Gasteiger partial charge in [0, 0.05) is 47.1 Å². The van der Waals surface area contributed by atoms with Crippen LogP contribution in [0.2, 0.25) is 20.1 Å². The molecule has 0 unspecified atom stereocenters. The summed E-state index contributed by atoms with van der Waals surface area (Å²) in [6, 6.07) is 10.3. The number of hydrogen-bond acceptors (Lipinski definition) is 4. The molecule has 0 bridgehead atoms. The molecule has 0 saturated carbocycles. The molecule has 1 heterocycles. The van der Waals surface area contributed by atoms with Gasteiger partial charge in [-0.15, -0.1) is 0 Å². The number of carbonyl (C=O) groups is 1. The quantitative estimate of drug-likeness (QED) is 0.382. The van der Waals surface area contributed by atoms with E-state index < -0.39 is 10.0 Å². The fourth-order valence-electron chi connectivity index (χ4n) is 3.53. The molecule has 1 fully saturated rings. The molecule has 0 atom stereocenters. The molecule has 0 radical (unpaired) electrons. The van der Waals surface area contributed by atoms with Crippen LogP contribution in [-0.4, -0.2) is 44.0 Å². The molecule has 5 nitrogen and oxygen atoms in total. The summed E-state index contributed by atoms with van der Waals surface area (Å²) in [7, 11) is -3.52. The van der Waals surface area contributed by atoms with Gasteiger partial charge >= 0.3 is 0 Å². The lowest BCUT2D eigenvalue weighted by atomic mass is 9.97. The van der Waals surface area contributed by atoms with E-state index in [1.807, 2.05) is 12.1 Å². The molecule has 1 saturated heterocycles. The van der Waals surface area contributed by atoms with E-state index in [0.29, 0.717) is 58.1 Å². The van der Waals surface area contributed by atoms with Crippen LogP contribution in [0.1, 0.15) is 24.0 Å². The second-order valence-electron chi connectivity index (χ2n) is 7.76. The predicted octanol–water partition coefficient (Wildman–Crippen LogP) is 5.89. The van der Waals surface area contributed by atoms with E-state index >= 15 is 0 Å². The molecule has 0 aromatic heterocycles. The van der Waals surface area contributed by atoms with Crippen molar-refractivity contribution in [3.8, 4) is 0 Å². The van der Waals surface area contributed by atoms with E-state index in [0.717, 1.165) is 17.1 Å². The van der Waals surface area contributed by atoms with Crippen molar-refractivity contribution in [1.29, 1.82) is 0 Å². The average Bonchev–Trinajstić information content (AvgIpc) is 2.78. The van der Waals surface area contributed by atoms with Crippen LogP contribution in [0.5, 0.6) is 0 Å². The lowest BCUT2D eigenvalue weighted by Gasteiger charge is -2.30. The number of hydrogen-bond donors (Lipinski definition) is 1. The zero-order valence-corrected chi connectivity index (χ0v) is 22.4. The first kappa shape index (κ1) is 26.9. The van der Waals surface area contributed by atoms with Gasteiger partial charge in [0.1, 0.15) is 0 Å². The normalized spacial score (nSPS) is 15.5. The number of nitrogens with zero attached hydrogens (tertiary/aromatic N) is 1. The summed E-state index contributed by atoms with van der Waals surface area (Å²) in [6.45, 7) is 1.19. The number of thioether (sulfide) groups is 1. The average molecular weight is 570 g/mol. The highest BCUT2D eigenvalue weighted by atomic mass is 35.5. The van der Waals surface area contributed by atoms with E-state index in [1.165, 1.54) is 10.4 Å². The standard InChI is InChI=1S/C22H24Cl4N2O3S2/c23-18-3-2-17(20(25)12-18)14-33(30,31)28-8-5-16(6-9-28)22(29)27-7-10-32-13-15-1-4-19(24)21(26)11-15/h1-4,11-12,16H,5-10,13-14H2,(H,27,29). The molecule has 1 aliphatic rings. The predicted molar refractivity (Wildman–Crippen MR) is 139 cm³/mol. The zero-order valence-electron chi connectivity index (χ0n) is 17.7. The molecule has 33 heavy (non-hydrogen) atoms. The monoisotopic (exact) mass is 568 g/mol. The molecule has 2 aromatic rings. The lowest BCUT2D eigenvalue weighted by molar-refractivity contribution is -0.125. The van der Waals surface area contributed by atoms with Crippen molar-refractivity contribution in [2.24, 2.45) is 5.92 Å². The fraction of sp³-hybridized carbons (Fsp3) is 0.409. The van der Waals surface area contributed by atoms with Gasteiger partial charge in [-0.2, -0.15) is 11.8 Å². The number of rotatable bonds is 9. The minimum absolute atomic E-state index is 0.0251. The van der Waals surface area contributed by atoms with E-state index in [4.69, 9.17) is 46.4 Å². The summed E-state index contributed by atoms with van der Waals surface area (Å²) in [5.41, 5.74) is 1.59. The molecule has 0 spiro atoms. The van der Waals surface area contributed by atoms with Crippen LogP contribution in [0.3, 0.4) is 0 Å². The van der Waals surface area contributed by atoms with Crippen LogP contribution < -0.4 is 5.32 Å². The maximum Gasteiger partial charge on any atom is 0.223 e. The molecule has 0 aliphatic carbocycles. The Labute approximate surface area is 219 Å². The first-order valence-corrected chi connectivity index (χ1v) is 14.6. The number of amides is 1.